The van der Waals surface area contributed by atoms with Crippen molar-refractivity contribution < 1.29 is 19.8 Å². The van der Waals surface area contributed by atoms with Gasteiger partial charge in [0, 0.05) is 13.6 Å². The van der Waals surface area contributed by atoms with E-state index in [9.17, 15) is 14.7 Å². The summed E-state index contributed by atoms with van der Waals surface area (Å²) in [6, 6.07) is 6.10. The number of hydrogen-bond donors (Lipinski definition) is 3. The summed E-state index contributed by atoms with van der Waals surface area (Å²) in [5, 5.41) is 21.6. The van der Waals surface area contributed by atoms with Gasteiger partial charge in [0.25, 0.3) is 0 Å². The number of rotatable bonds is 5. The molecule has 3 N–H and O–H groups in total. The highest BCUT2D eigenvalue weighted by Crippen LogP contribution is 2.31. The smallest absolute Gasteiger partial charge is 0.335 e. The zero-order valence-electron chi connectivity index (χ0n) is 12.0. The van der Waals surface area contributed by atoms with Gasteiger partial charge in [0.05, 0.1) is 17.7 Å². The van der Waals surface area contributed by atoms with E-state index in [0.29, 0.717) is 13.1 Å². The number of nitrogens with zero attached hydrogens (tertiary/aromatic N) is 1. The van der Waals surface area contributed by atoms with Crippen molar-refractivity contribution in [1.82, 2.24) is 10.2 Å². The second-order valence-corrected chi connectivity index (χ2v) is 5.59. The summed E-state index contributed by atoms with van der Waals surface area (Å²) in [5.74, 6) is -0.973. The lowest BCUT2D eigenvalue weighted by Crippen LogP contribution is -2.50. The number of aliphatic hydroxyl groups is 1. The van der Waals surface area contributed by atoms with E-state index in [4.69, 9.17) is 5.11 Å². The van der Waals surface area contributed by atoms with Crippen LogP contribution in [0.3, 0.4) is 0 Å². The summed E-state index contributed by atoms with van der Waals surface area (Å²) in [6.07, 6.45) is 2.48. The first-order valence-electron chi connectivity index (χ1n) is 6.93. The Hall–Kier alpha value is -2.08. The summed E-state index contributed by atoms with van der Waals surface area (Å²) in [4.78, 5) is 24.1. The van der Waals surface area contributed by atoms with Crippen LogP contribution in [0.25, 0.3) is 0 Å². The van der Waals surface area contributed by atoms with Gasteiger partial charge in [-0.1, -0.05) is 12.1 Å². The maximum atomic E-state index is 11.9. The topological polar surface area (TPSA) is 89.9 Å². The number of nitrogens with one attached hydrogen (secondary N) is 1. The Morgan fingerprint density at radius 3 is 2.38 bits per heavy atom. The average molecular weight is 292 g/mol. The molecule has 0 radical (unpaired) electrons. The van der Waals surface area contributed by atoms with E-state index in [1.165, 1.54) is 17.0 Å². The molecule has 0 saturated heterocycles. The first kappa shape index (κ1) is 15.3. The lowest BCUT2D eigenvalue weighted by Gasteiger charge is -2.39. The molecule has 0 spiro atoms. The monoisotopic (exact) mass is 292 g/mol. The van der Waals surface area contributed by atoms with Crippen molar-refractivity contribution in [3.05, 3.63) is 35.4 Å². The minimum absolute atomic E-state index is 0.217. The van der Waals surface area contributed by atoms with Crippen LogP contribution in [0.4, 0.5) is 4.79 Å². The Morgan fingerprint density at radius 1 is 1.29 bits per heavy atom. The van der Waals surface area contributed by atoms with Gasteiger partial charge in [-0.3, -0.25) is 0 Å². The quantitative estimate of drug-likeness (QED) is 0.766. The number of aromatic carboxylic acids is 1. The SMILES string of the molecule is CN(CC1(O)CCC1)C(=O)NCc1ccc(C(=O)O)cc1. The number of likely N-dealkylation sites (N-methyl/N-ethyl adjacent to an activating group) is 1. The van der Waals surface area contributed by atoms with Gasteiger partial charge in [0.2, 0.25) is 0 Å². The van der Waals surface area contributed by atoms with Crippen LogP contribution < -0.4 is 5.32 Å². The Morgan fingerprint density at radius 2 is 1.90 bits per heavy atom. The number of hydrogen-bond acceptors (Lipinski definition) is 3. The maximum Gasteiger partial charge on any atom is 0.335 e. The zero-order valence-corrected chi connectivity index (χ0v) is 12.0. The standard InChI is InChI=1S/C15H20N2O4/c1-17(10-15(21)7-2-8-15)14(20)16-9-11-3-5-12(6-4-11)13(18)19/h3-6,21H,2,7-10H2,1H3,(H,16,20)(H,18,19). The summed E-state index contributed by atoms with van der Waals surface area (Å²) in [6.45, 7) is 0.651. The highest BCUT2D eigenvalue weighted by atomic mass is 16.4. The third kappa shape index (κ3) is 3.95. The molecule has 6 heteroatoms. The van der Waals surface area contributed by atoms with Crippen molar-refractivity contribution in [1.29, 1.82) is 0 Å². The van der Waals surface area contributed by atoms with Gasteiger partial charge in [-0.05, 0) is 37.0 Å². The molecule has 0 atom stereocenters. The molecule has 21 heavy (non-hydrogen) atoms. The van der Waals surface area contributed by atoms with E-state index in [1.54, 1.807) is 19.2 Å². The van der Waals surface area contributed by atoms with Crippen LogP contribution in [0, 0.1) is 0 Å². The highest BCUT2D eigenvalue weighted by molar-refractivity contribution is 5.87. The van der Waals surface area contributed by atoms with Crippen LogP contribution >= 0.6 is 0 Å². The molecule has 1 aliphatic rings. The first-order valence-corrected chi connectivity index (χ1v) is 6.93. The van der Waals surface area contributed by atoms with E-state index in [-0.39, 0.29) is 11.6 Å². The molecule has 1 fully saturated rings. The molecule has 0 unspecified atom stereocenters. The zero-order chi connectivity index (χ0) is 15.5. The van der Waals surface area contributed by atoms with Crippen molar-refractivity contribution in [2.45, 2.75) is 31.4 Å². The third-order valence-corrected chi connectivity index (χ3v) is 3.81. The molecule has 0 bridgehead atoms. The van der Waals surface area contributed by atoms with Crippen molar-refractivity contribution in [2.24, 2.45) is 0 Å². The largest absolute Gasteiger partial charge is 0.478 e. The number of carbonyl (C=O) groups excluding carboxylic acids is 1. The van der Waals surface area contributed by atoms with E-state index in [2.05, 4.69) is 5.32 Å². The van der Waals surface area contributed by atoms with E-state index >= 15 is 0 Å². The molecular weight excluding hydrogens is 272 g/mol. The minimum Gasteiger partial charge on any atom is -0.478 e. The lowest BCUT2D eigenvalue weighted by molar-refractivity contribution is -0.0475. The number of carbonyl (C=O) groups is 2. The predicted molar refractivity (Wildman–Crippen MR) is 77.1 cm³/mol. The summed E-state index contributed by atoms with van der Waals surface area (Å²) in [5.41, 5.74) is 0.313. The minimum atomic E-state index is -0.973. The molecule has 2 rings (SSSR count). The lowest BCUT2D eigenvalue weighted by atomic mass is 9.80. The van der Waals surface area contributed by atoms with Crippen LogP contribution in [0.15, 0.2) is 24.3 Å². The number of carboxylic acid groups (broad SMARTS) is 1. The van der Waals surface area contributed by atoms with Crippen molar-refractivity contribution in [2.75, 3.05) is 13.6 Å². The fraction of sp³-hybridized carbons (Fsp3) is 0.467. The molecule has 6 nitrogen and oxygen atoms in total. The molecule has 2 amide bonds. The van der Waals surface area contributed by atoms with E-state index < -0.39 is 11.6 Å². The number of benzene rings is 1. The van der Waals surface area contributed by atoms with Gasteiger partial charge in [0.15, 0.2) is 0 Å². The molecule has 0 aromatic heterocycles. The van der Waals surface area contributed by atoms with E-state index in [0.717, 1.165) is 24.8 Å². The van der Waals surface area contributed by atoms with Gasteiger partial charge in [-0.15, -0.1) is 0 Å². The van der Waals surface area contributed by atoms with Crippen LogP contribution in [0.2, 0.25) is 0 Å². The summed E-state index contributed by atoms with van der Waals surface area (Å²) in [7, 11) is 1.65. The van der Waals surface area contributed by atoms with Gasteiger partial charge in [0.1, 0.15) is 0 Å². The fourth-order valence-electron chi connectivity index (χ4n) is 2.33. The van der Waals surface area contributed by atoms with Crippen molar-refractivity contribution in [3.63, 3.8) is 0 Å². The van der Waals surface area contributed by atoms with Gasteiger partial charge in [-0.2, -0.15) is 0 Å². The summed E-state index contributed by atoms with van der Waals surface area (Å²) < 4.78 is 0. The molecule has 114 valence electrons. The number of carboxylic acids is 1. The first-order chi connectivity index (χ1) is 9.89. The normalized spacial score (nSPS) is 15.9. The van der Waals surface area contributed by atoms with Crippen molar-refractivity contribution in [3.8, 4) is 0 Å². The second-order valence-electron chi connectivity index (χ2n) is 5.59. The Balaban J connectivity index is 1.81. The average Bonchev–Trinajstić information content (AvgIpc) is 2.43. The van der Waals surface area contributed by atoms with Gasteiger partial charge >= 0.3 is 12.0 Å². The highest BCUT2D eigenvalue weighted by Gasteiger charge is 2.36. The van der Waals surface area contributed by atoms with Gasteiger partial charge in [-0.25, -0.2) is 9.59 Å². The van der Waals surface area contributed by atoms with Crippen LogP contribution in [-0.2, 0) is 6.54 Å². The molecule has 1 aromatic carbocycles. The molecule has 1 aromatic rings. The molecule has 1 aliphatic carbocycles. The van der Waals surface area contributed by atoms with Gasteiger partial charge < -0.3 is 20.4 Å². The predicted octanol–water partition coefficient (Wildman–Crippen LogP) is 1.44. The maximum absolute atomic E-state index is 11.9. The van der Waals surface area contributed by atoms with Crippen LogP contribution in [-0.4, -0.2) is 46.3 Å². The summed E-state index contributed by atoms with van der Waals surface area (Å²) >= 11 is 0. The van der Waals surface area contributed by atoms with Crippen LogP contribution in [0.1, 0.15) is 35.2 Å². The Bertz CT molecular complexity index is 523. The fourth-order valence-corrected chi connectivity index (χ4v) is 2.33. The van der Waals surface area contributed by atoms with E-state index in [1.807, 2.05) is 0 Å². The number of urea groups is 1. The van der Waals surface area contributed by atoms with Crippen molar-refractivity contribution >= 4 is 12.0 Å². The van der Waals surface area contributed by atoms with Crippen LogP contribution in [0.5, 0.6) is 0 Å². The molecular formula is C15H20N2O4. The Labute approximate surface area is 123 Å². The Kier molecular flexibility index (Phi) is 4.47. The molecule has 0 heterocycles. The molecule has 0 aliphatic heterocycles. The second kappa shape index (κ2) is 6.13. The molecule has 1 saturated carbocycles. The third-order valence-electron chi connectivity index (χ3n) is 3.81. The number of amides is 2.